The highest BCUT2D eigenvalue weighted by atomic mass is 32.2. The molecule has 0 radical (unpaired) electrons. The molecule has 1 amide bonds. The Balaban J connectivity index is 2.34. The van der Waals surface area contributed by atoms with Gasteiger partial charge in [0.2, 0.25) is 0 Å². The number of hydrogen-bond acceptors (Lipinski definition) is 3. The number of halogens is 2. The predicted octanol–water partition coefficient (Wildman–Crippen LogP) is 3.61. The van der Waals surface area contributed by atoms with Crippen LogP contribution in [-0.4, -0.2) is 37.5 Å². The monoisotopic (exact) mass is 362 g/mol. The summed E-state index contributed by atoms with van der Waals surface area (Å²) in [4.78, 5) is 12.0. The largest absolute Gasteiger partial charge is 0.530 e. The van der Waals surface area contributed by atoms with Crippen LogP contribution in [0.2, 0.25) is 0 Å². The van der Waals surface area contributed by atoms with E-state index in [1.54, 1.807) is 32.9 Å². The topological polar surface area (TPSA) is 63.6 Å². The van der Waals surface area contributed by atoms with Crippen LogP contribution >= 0.6 is 0 Å². The molecule has 0 spiro atoms. The van der Waals surface area contributed by atoms with Gasteiger partial charge in [0.1, 0.15) is 18.2 Å². The third kappa shape index (κ3) is 3.10. The Bertz CT molecular complexity index is 652. The van der Waals surface area contributed by atoms with E-state index in [-0.39, 0.29) is 18.6 Å². The van der Waals surface area contributed by atoms with Gasteiger partial charge in [-0.2, -0.15) is 9.00 Å². The van der Waals surface area contributed by atoms with E-state index in [9.17, 15) is 22.9 Å². The Hall–Kier alpha value is -1.38. The van der Waals surface area contributed by atoms with Gasteiger partial charge in [-0.1, -0.05) is 24.3 Å². The zero-order valence-electron chi connectivity index (χ0n) is 14.1. The highest BCUT2D eigenvalue weighted by Crippen LogP contribution is 2.38. The summed E-state index contributed by atoms with van der Waals surface area (Å²) in [6.07, 6.45) is -0.953. The van der Waals surface area contributed by atoms with Crippen molar-refractivity contribution in [1.29, 1.82) is 0 Å². The Labute approximate surface area is 142 Å². The van der Waals surface area contributed by atoms with Crippen molar-refractivity contribution in [2.24, 2.45) is 0 Å². The standard InChI is InChI=1S/C16H21F2NO4S/c1-15(2,3)19(14(20)21)13(10-23-24(19)22)9-11-5-7-12(8-6-11)16(4,17)18/h5-8,13H,9-10H2,1-4H3/p+1/t13-,19?,24?/m0/s1. The maximum absolute atomic E-state index is 13.3. The zero-order valence-corrected chi connectivity index (χ0v) is 14.9. The van der Waals surface area contributed by atoms with Gasteiger partial charge in [0.05, 0.1) is 0 Å². The number of quaternary nitrogens is 1. The van der Waals surface area contributed by atoms with Gasteiger partial charge >= 0.3 is 17.4 Å². The zero-order chi connectivity index (χ0) is 18.3. The Morgan fingerprint density at radius 2 is 1.83 bits per heavy atom. The van der Waals surface area contributed by atoms with E-state index in [1.165, 1.54) is 12.1 Å². The second-order valence-corrected chi connectivity index (χ2v) is 8.30. The quantitative estimate of drug-likeness (QED) is 0.835. The molecule has 134 valence electrons. The molecule has 0 aliphatic carbocycles. The Kier molecular flexibility index (Phi) is 4.87. The lowest BCUT2D eigenvalue weighted by molar-refractivity contribution is -0.799. The minimum atomic E-state index is -2.93. The molecule has 2 unspecified atom stereocenters. The van der Waals surface area contributed by atoms with Gasteiger partial charge < -0.3 is 5.11 Å². The van der Waals surface area contributed by atoms with Gasteiger partial charge in [-0.05, 0) is 26.3 Å². The second-order valence-electron chi connectivity index (χ2n) is 7.06. The Morgan fingerprint density at radius 3 is 2.25 bits per heavy atom. The molecule has 1 saturated heterocycles. The molecular formula is C16H22F2NO4S+. The summed E-state index contributed by atoms with van der Waals surface area (Å²) in [6, 6.07) is 5.18. The minimum absolute atomic E-state index is 0.0296. The maximum Gasteiger partial charge on any atom is 0.530 e. The molecule has 0 saturated carbocycles. The molecule has 1 heterocycles. The summed E-state index contributed by atoms with van der Waals surface area (Å²) in [5.74, 6) is -2.93. The molecule has 24 heavy (non-hydrogen) atoms. The molecule has 5 nitrogen and oxygen atoms in total. The van der Waals surface area contributed by atoms with Crippen LogP contribution in [0.25, 0.3) is 0 Å². The molecule has 1 aromatic carbocycles. The first-order chi connectivity index (χ1) is 10.9. The van der Waals surface area contributed by atoms with Gasteiger partial charge in [-0.15, -0.1) is 3.89 Å². The number of carbonyl (C=O) groups is 1. The predicted molar refractivity (Wildman–Crippen MR) is 85.6 cm³/mol. The third-order valence-corrected chi connectivity index (χ3v) is 6.13. The van der Waals surface area contributed by atoms with Crippen molar-refractivity contribution >= 4 is 17.4 Å². The lowest BCUT2D eigenvalue weighted by Gasteiger charge is -2.39. The fraction of sp³-hybridized carbons (Fsp3) is 0.562. The number of rotatable bonds is 3. The number of benzene rings is 1. The van der Waals surface area contributed by atoms with Crippen molar-refractivity contribution in [3.63, 3.8) is 0 Å². The number of alkyl halides is 2. The molecule has 3 atom stereocenters. The average Bonchev–Trinajstić information content (AvgIpc) is 2.75. The smallest absolute Gasteiger partial charge is 0.435 e. The van der Waals surface area contributed by atoms with Crippen LogP contribution < -0.4 is 0 Å². The summed E-state index contributed by atoms with van der Waals surface area (Å²) < 4.78 is 43.4. The molecule has 2 rings (SSSR count). The van der Waals surface area contributed by atoms with E-state index in [0.29, 0.717) is 5.56 Å². The first-order valence-electron chi connectivity index (χ1n) is 7.56. The van der Waals surface area contributed by atoms with Crippen LogP contribution in [0, 0.1) is 0 Å². The lowest BCUT2D eigenvalue weighted by Crippen LogP contribution is -2.66. The van der Waals surface area contributed by atoms with Gasteiger partial charge in [-0.3, -0.25) is 0 Å². The molecule has 0 aromatic heterocycles. The first kappa shape index (κ1) is 19.0. The van der Waals surface area contributed by atoms with E-state index in [2.05, 4.69) is 0 Å². The van der Waals surface area contributed by atoms with Crippen LogP contribution in [0.1, 0.15) is 38.8 Å². The van der Waals surface area contributed by atoms with E-state index in [1.807, 2.05) is 0 Å². The highest BCUT2D eigenvalue weighted by molar-refractivity contribution is 7.74. The SMILES string of the molecule is CC(F)(F)c1ccc(C[C@H]2COS(=O)[N+]2(C(=O)O)C(C)(C)C)cc1. The molecule has 1 aliphatic rings. The Morgan fingerprint density at radius 1 is 1.29 bits per heavy atom. The van der Waals surface area contributed by atoms with Gasteiger partial charge in [-0.25, -0.2) is 13.0 Å². The third-order valence-electron chi connectivity index (χ3n) is 4.32. The van der Waals surface area contributed by atoms with Crippen LogP contribution in [0.3, 0.4) is 0 Å². The fourth-order valence-electron chi connectivity index (χ4n) is 3.12. The number of amides is 1. The number of carboxylic acid groups (broad SMARTS) is 1. The minimum Gasteiger partial charge on any atom is -0.435 e. The van der Waals surface area contributed by atoms with Crippen molar-refractivity contribution < 1.29 is 31.0 Å². The normalized spacial score (nSPS) is 28.1. The highest BCUT2D eigenvalue weighted by Gasteiger charge is 2.64. The van der Waals surface area contributed by atoms with E-state index < -0.39 is 38.8 Å². The van der Waals surface area contributed by atoms with Crippen LogP contribution in [0.5, 0.6) is 0 Å². The molecule has 0 bridgehead atoms. The van der Waals surface area contributed by atoms with Crippen LogP contribution in [0.4, 0.5) is 13.6 Å². The van der Waals surface area contributed by atoms with Crippen molar-refractivity contribution in [3.8, 4) is 0 Å². The molecule has 1 N–H and O–H groups in total. The molecule has 1 aliphatic heterocycles. The lowest BCUT2D eigenvalue weighted by atomic mass is 9.97. The van der Waals surface area contributed by atoms with Crippen molar-refractivity contribution in [3.05, 3.63) is 35.4 Å². The van der Waals surface area contributed by atoms with Crippen LogP contribution in [-0.2, 0) is 27.8 Å². The summed E-state index contributed by atoms with van der Waals surface area (Å²) in [7, 11) is 0. The van der Waals surface area contributed by atoms with E-state index in [0.717, 1.165) is 6.92 Å². The van der Waals surface area contributed by atoms with E-state index >= 15 is 0 Å². The van der Waals surface area contributed by atoms with Gasteiger partial charge in [0, 0.05) is 18.9 Å². The van der Waals surface area contributed by atoms with E-state index in [4.69, 9.17) is 4.18 Å². The number of nitrogens with zero attached hydrogens (tertiary/aromatic N) is 1. The summed E-state index contributed by atoms with van der Waals surface area (Å²) in [5, 5.41) is 9.77. The van der Waals surface area contributed by atoms with Crippen molar-refractivity contribution in [2.75, 3.05) is 6.61 Å². The second kappa shape index (κ2) is 6.16. The first-order valence-corrected chi connectivity index (χ1v) is 8.59. The van der Waals surface area contributed by atoms with Gasteiger partial charge in [0.25, 0.3) is 5.92 Å². The molecule has 1 aromatic rings. The fourth-order valence-corrected chi connectivity index (χ4v) is 4.51. The summed E-state index contributed by atoms with van der Waals surface area (Å²) in [5.41, 5.74) is -0.260. The average molecular weight is 362 g/mol. The van der Waals surface area contributed by atoms with Gasteiger partial charge in [0.15, 0.2) is 0 Å². The summed E-state index contributed by atoms with van der Waals surface area (Å²) in [6.45, 7) is 5.94. The molecule has 8 heteroatoms. The molecule has 1 fully saturated rings. The maximum atomic E-state index is 13.3. The van der Waals surface area contributed by atoms with Crippen molar-refractivity contribution in [2.45, 2.75) is 51.6 Å². The van der Waals surface area contributed by atoms with Crippen LogP contribution in [0.15, 0.2) is 24.3 Å². The summed E-state index contributed by atoms with van der Waals surface area (Å²) >= 11 is -2.02. The number of hydrogen-bond donors (Lipinski definition) is 1. The van der Waals surface area contributed by atoms with Crippen molar-refractivity contribution in [1.82, 2.24) is 0 Å². The molecular weight excluding hydrogens is 340 g/mol.